The lowest BCUT2D eigenvalue weighted by Crippen LogP contribution is -2.51. The van der Waals surface area contributed by atoms with E-state index < -0.39 is 28.5 Å². The average Bonchev–Trinajstić information content (AvgIpc) is 2.91. The minimum Gasteiger partial charge on any atom is -0.354 e. The van der Waals surface area contributed by atoms with Gasteiger partial charge in [0.05, 0.1) is 20.6 Å². The van der Waals surface area contributed by atoms with Crippen molar-refractivity contribution in [2.75, 3.05) is 17.4 Å². The zero-order chi connectivity index (χ0) is 28.7. The largest absolute Gasteiger partial charge is 0.354 e. The van der Waals surface area contributed by atoms with Crippen LogP contribution in [0, 0.1) is 5.92 Å². The fourth-order valence-electron chi connectivity index (χ4n) is 3.73. The highest BCUT2D eigenvalue weighted by atomic mass is 79.9. The third kappa shape index (κ3) is 8.20. The molecule has 0 spiro atoms. The summed E-state index contributed by atoms with van der Waals surface area (Å²) in [5, 5.41) is 3.52. The number of carbonyl (C=O) groups excluding carboxylic acids is 2. The monoisotopic (exact) mass is 653 g/mol. The number of benzene rings is 3. The van der Waals surface area contributed by atoms with E-state index in [1.807, 2.05) is 13.8 Å². The maximum absolute atomic E-state index is 13.9. The summed E-state index contributed by atoms with van der Waals surface area (Å²) in [6.45, 7) is 5.47. The fourth-order valence-corrected chi connectivity index (χ4v) is 5.75. The van der Waals surface area contributed by atoms with E-state index in [9.17, 15) is 18.0 Å². The molecule has 0 bridgehead atoms. The molecule has 11 heteroatoms. The van der Waals surface area contributed by atoms with Crippen molar-refractivity contribution >= 4 is 66.7 Å². The summed E-state index contributed by atoms with van der Waals surface area (Å²) in [5.74, 6) is -0.696. The number of halogens is 3. The Kier molecular flexibility index (Phi) is 10.8. The molecule has 0 aliphatic carbocycles. The van der Waals surface area contributed by atoms with E-state index in [1.165, 1.54) is 17.0 Å². The Hall–Kier alpha value is -2.59. The predicted molar refractivity (Wildman–Crippen MR) is 159 cm³/mol. The van der Waals surface area contributed by atoms with E-state index in [1.54, 1.807) is 67.6 Å². The molecule has 0 radical (unpaired) electrons. The summed E-state index contributed by atoms with van der Waals surface area (Å²) in [5.41, 5.74) is 0.948. The van der Waals surface area contributed by atoms with Gasteiger partial charge in [-0.05, 0) is 66.9 Å². The van der Waals surface area contributed by atoms with Gasteiger partial charge in [-0.3, -0.25) is 13.9 Å². The van der Waals surface area contributed by atoms with Crippen LogP contribution in [0.2, 0.25) is 10.0 Å². The highest BCUT2D eigenvalue weighted by Crippen LogP contribution is 2.27. The van der Waals surface area contributed by atoms with Crippen molar-refractivity contribution in [2.24, 2.45) is 5.92 Å². The number of anilines is 1. The molecule has 2 amide bonds. The third-order valence-corrected chi connectivity index (χ3v) is 8.97. The van der Waals surface area contributed by atoms with Crippen LogP contribution in [0.25, 0.3) is 0 Å². The summed E-state index contributed by atoms with van der Waals surface area (Å²) in [7, 11) is -4.12. The molecule has 0 aliphatic heterocycles. The first-order chi connectivity index (χ1) is 18.4. The lowest BCUT2D eigenvalue weighted by molar-refractivity contribution is -0.139. The molecule has 0 aliphatic rings. The topological polar surface area (TPSA) is 86.8 Å². The van der Waals surface area contributed by atoms with E-state index in [2.05, 4.69) is 21.2 Å². The second-order valence-electron chi connectivity index (χ2n) is 9.39. The van der Waals surface area contributed by atoms with Gasteiger partial charge >= 0.3 is 0 Å². The van der Waals surface area contributed by atoms with E-state index in [-0.39, 0.29) is 23.3 Å². The predicted octanol–water partition coefficient (Wildman–Crippen LogP) is 6.14. The molecule has 3 rings (SSSR count). The molecule has 3 aromatic rings. The maximum Gasteiger partial charge on any atom is 0.264 e. The second-order valence-corrected chi connectivity index (χ2v) is 13.0. The van der Waals surface area contributed by atoms with Crippen LogP contribution in [-0.4, -0.2) is 44.3 Å². The van der Waals surface area contributed by atoms with Crippen LogP contribution in [0.4, 0.5) is 5.69 Å². The van der Waals surface area contributed by atoms with Gasteiger partial charge in [0.25, 0.3) is 10.0 Å². The van der Waals surface area contributed by atoms with Gasteiger partial charge in [0.2, 0.25) is 11.8 Å². The fraction of sp³-hybridized carbons (Fsp3) is 0.286. The first-order valence-corrected chi connectivity index (χ1v) is 15.2. The molecular formula is C28H30BrCl2N3O4S. The summed E-state index contributed by atoms with van der Waals surface area (Å²) < 4.78 is 29.3. The van der Waals surface area contributed by atoms with Gasteiger partial charge in [-0.15, -0.1) is 0 Å². The van der Waals surface area contributed by atoms with E-state index in [0.717, 1.165) is 8.78 Å². The SMILES string of the molecule is CC(C)CNC(=O)[C@H](C)N(Cc1ccc(Cl)c(Cl)c1)C(=O)CN(c1ccc(Br)cc1)S(=O)(=O)c1ccccc1. The quantitative estimate of drug-likeness (QED) is 0.269. The molecule has 0 fully saturated rings. The molecule has 0 saturated heterocycles. The third-order valence-electron chi connectivity index (χ3n) is 5.91. The van der Waals surface area contributed by atoms with Crippen LogP contribution < -0.4 is 9.62 Å². The van der Waals surface area contributed by atoms with Gasteiger partial charge in [0, 0.05) is 17.6 Å². The molecule has 0 unspecified atom stereocenters. The van der Waals surface area contributed by atoms with Crippen molar-refractivity contribution in [1.29, 1.82) is 0 Å². The van der Waals surface area contributed by atoms with E-state index in [0.29, 0.717) is 27.8 Å². The van der Waals surface area contributed by atoms with Gasteiger partial charge in [0.15, 0.2) is 0 Å². The summed E-state index contributed by atoms with van der Waals surface area (Å²) >= 11 is 15.6. The number of rotatable bonds is 11. The normalized spacial score (nSPS) is 12.2. The standard InChI is InChI=1S/C28H30BrCl2N3O4S/c1-19(2)16-32-28(36)20(3)33(17-21-9-14-25(30)26(31)15-21)27(35)18-34(23-12-10-22(29)11-13-23)39(37,38)24-7-5-4-6-8-24/h4-15,19-20H,16-18H2,1-3H3,(H,32,36)/t20-/m0/s1. The summed E-state index contributed by atoms with van der Waals surface area (Å²) in [6.07, 6.45) is 0. The Morgan fingerprint density at radius 2 is 1.56 bits per heavy atom. The second kappa shape index (κ2) is 13.7. The number of hydrogen-bond donors (Lipinski definition) is 1. The smallest absolute Gasteiger partial charge is 0.264 e. The number of hydrogen-bond acceptors (Lipinski definition) is 4. The molecule has 3 aromatic carbocycles. The van der Waals surface area contributed by atoms with Gasteiger partial charge in [-0.2, -0.15) is 0 Å². The molecular weight excluding hydrogens is 625 g/mol. The number of amides is 2. The highest BCUT2D eigenvalue weighted by Gasteiger charge is 2.32. The maximum atomic E-state index is 13.9. The van der Waals surface area contributed by atoms with Crippen LogP contribution >= 0.6 is 39.1 Å². The van der Waals surface area contributed by atoms with Crippen LogP contribution in [0.15, 0.2) is 82.2 Å². The Labute approximate surface area is 248 Å². The molecule has 0 saturated carbocycles. The Balaban J connectivity index is 2.01. The molecule has 1 N–H and O–H groups in total. The van der Waals surface area contributed by atoms with Gasteiger partial charge < -0.3 is 10.2 Å². The molecule has 1 atom stereocenters. The zero-order valence-electron chi connectivity index (χ0n) is 21.8. The number of nitrogens with zero attached hydrogens (tertiary/aromatic N) is 2. The molecule has 208 valence electrons. The summed E-state index contributed by atoms with van der Waals surface area (Å²) in [6, 6.07) is 18.6. The van der Waals surface area contributed by atoms with Crippen LogP contribution in [0.5, 0.6) is 0 Å². The van der Waals surface area contributed by atoms with Crippen molar-refractivity contribution in [3.63, 3.8) is 0 Å². The van der Waals surface area contributed by atoms with Crippen LogP contribution in [0.3, 0.4) is 0 Å². The Bertz CT molecular complexity index is 1400. The Morgan fingerprint density at radius 3 is 2.15 bits per heavy atom. The van der Waals surface area contributed by atoms with Crippen molar-refractivity contribution in [3.8, 4) is 0 Å². The van der Waals surface area contributed by atoms with Crippen molar-refractivity contribution in [2.45, 2.75) is 38.3 Å². The average molecular weight is 655 g/mol. The lowest BCUT2D eigenvalue weighted by Gasteiger charge is -2.32. The lowest BCUT2D eigenvalue weighted by atomic mass is 10.1. The Morgan fingerprint density at radius 1 is 0.923 bits per heavy atom. The van der Waals surface area contributed by atoms with Crippen molar-refractivity contribution in [3.05, 3.63) is 92.9 Å². The molecule has 0 heterocycles. The van der Waals surface area contributed by atoms with E-state index in [4.69, 9.17) is 23.2 Å². The van der Waals surface area contributed by atoms with Crippen molar-refractivity contribution < 1.29 is 18.0 Å². The van der Waals surface area contributed by atoms with Gasteiger partial charge in [0.1, 0.15) is 12.6 Å². The highest BCUT2D eigenvalue weighted by molar-refractivity contribution is 9.10. The molecule has 39 heavy (non-hydrogen) atoms. The zero-order valence-corrected chi connectivity index (χ0v) is 25.7. The van der Waals surface area contributed by atoms with Gasteiger partial charge in [-0.1, -0.05) is 77.2 Å². The first-order valence-electron chi connectivity index (χ1n) is 12.2. The minimum absolute atomic E-state index is 0.0194. The summed E-state index contributed by atoms with van der Waals surface area (Å²) in [4.78, 5) is 28.3. The number of nitrogens with one attached hydrogen (secondary N) is 1. The van der Waals surface area contributed by atoms with E-state index >= 15 is 0 Å². The van der Waals surface area contributed by atoms with Crippen LogP contribution in [-0.2, 0) is 26.2 Å². The van der Waals surface area contributed by atoms with Crippen molar-refractivity contribution in [1.82, 2.24) is 10.2 Å². The number of carbonyl (C=O) groups is 2. The first kappa shape index (κ1) is 30.9. The van der Waals surface area contributed by atoms with Gasteiger partial charge in [-0.25, -0.2) is 8.42 Å². The minimum atomic E-state index is -4.12. The molecule has 0 aromatic heterocycles. The molecule has 7 nitrogen and oxygen atoms in total. The number of sulfonamides is 1. The van der Waals surface area contributed by atoms with Crippen LogP contribution in [0.1, 0.15) is 26.3 Å².